The molecule has 23 nitrogen and oxygen atoms in total. The second kappa shape index (κ2) is 23.2. The van der Waals surface area contributed by atoms with Crippen LogP contribution in [0, 0.1) is 5.92 Å². The summed E-state index contributed by atoms with van der Waals surface area (Å²) in [6, 6.07) is 3.11. The van der Waals surface area contributed by atoms with Crippen LogP contribution in [0.25, 0.3) is 21.8 Å². The molecule has 0 radical (unpaired) electrons. The maximum absolute atomic E-state index is 14.1. The molecule has 0 aliphatic rings. The van der Waals surface area contributed by atoms with Gasteiger partial charge in [-0.3, -0.25) is 43.2 Å². The van der Waals surface area contributed by atoms with Crippen molar-refractivity contribution in [3.63, 3.8) is 0 Å². The van der Waals surface area contributed by atoms with Crippen LogP contribution in [0.15, 0.2) is 60.9 Å². The summed E-state index contributed by atoms with van der Waals surface area (Å²) in [5.41, 5.74) is 13.2. The maximum Gasteiger partial charge on any atom is 0.326 e. The van der Waals surface area contributed by atoms with Gasteiger partial charge >= 0.3 is 17.9 Å². The molecule has 0 unspecified atom stereocenters. The molecule has 2 aromatic carbocycles. The highest BCUT2D eigenvalue weighted by molar-refractivity contribution is 5.99. The van der Waals surface area contributed by atoms with E-state index >= 15 is 0 Å². The lowest BCUT2D eigenvalue weighted by molar-refractivity contribution is -0.143. The number of H-pyrrole nitrogens is 2. The average Bonchev–Trinajstić information content (AvgIpc) is 3.86. The van der Waals surface area contributed by atoms with Crippen molar-refractivity contribution in [2.75, 3.05) is 0 Å². The van der Waals surface area contributed by atoms with Crippen molar-refractivity contribution in [1.29, 1.82) is 0 Å². The number of nitrogens with one attached hydrogen (secondary N) is 8. The number of carboxylic acid groups (broad SMARTS) is 3. The molecule has 4 aromatic rings. The summed E-state index contributed by atoms with van der Waals surface area (Å²) < 4.78 is 0. The van der Waals surface area contributed by atoms with E-state index in [1.807, 2.05) is 0 Å². The first-order valence-corrected chi connectivity index (χ1v) is 20.8. The fraction of sp³-hybridized carbons (Fsp3) is 0.395. The molecule has 15 N–H and O–H groups in total. The van der Waals surface area contributed by atoms with Crippen LogP contribution in [-0.4, -0.2) is 127 Å². The Hall–Kier alpha value is -7.82. The molecule has 354 valence electrons. The van der Waals surface area contributed by atoms with Gasteiger partial charge in [0.15, 0.2) is 0 Å². The number of rotatable bonds is 25. The number of hydrogen-bond acceptors (Lipinski definition) is 11. The SMILES string of the molecule is CC(C)[C@H](NC(=O)[C@H](Cc1c[nH]c2ccccc12)NC(=O)[C@H](CCC(=O)O)NC(=O)[C@H](CC(=O)O)NC(=O)[C@H](Cc1c[nH]c2ccccc12)NC(=O)[C@H](C)NC(=O)[C@@H](N)CC(N)=O)C(=O)O. The van der Waals surface area contributed by atoms with Crippen LogP contribution in [0.2, 0.25) is 0 Å². The largest absolute Gasteiger partial charge is 0.481 e. The molecule has 2 heterocycles. The summed E-state index contributed by atoms with van der Waals surface area (Å²) in [5.74, 6) is -12.0. The number of benzene rings is 2. The van der Waals surface area contributed by atoms with Crippen LogP contribution < -0.4 is 43.4 Å². The molecule has 23 heteroatoms. The second-order valence-corrected chi connectivity index (χ2v) is 16.0. The highest BCUT2D eigenvalue weighted by atomic mass is 16.4. The standard InChI is InChI=1S/C43H54N10O13/c1-20(2)36(43(65)66)53-42(64)31(15-23-19-47-28-11-7-5-9-25(23)28)51-39(61)29(12-13-34(55)56)49-41(63)32(17-35(57)58)52-40(62)30(14-22-18-46-27-10-6-4-8-24(22)27)50-37(59)21(3)48-38(60)26(44)16-33(45)54/h4-11,18-21,26,29-32,36,46-47H,12-17,44H2,1-3H3,(H2,45,54)(H,48,60)(H,49,63)(H,50,59)(H,51,61)(H,52,62)(H,53,64)(H,55,56)(H,57,58)(H,65,66)/t21-,26-,29-,30-,31-,32-,36-/m0/s1. The second-order valence-electron chi connectivity index (χ2n) is 16.0. The van der Waals surface area contributed by atoms with Gasteiger partial charge in [-0.1, -0.05) is 50.2 Å². The third-order valence-electron chi connectivity index (χ3n) is 10.5. The quantitative estimate of drug-likeness (QED) is 0.0366. The zero-order chi connectivity index (χ0) is 48.8. The van der Waals surface area contributed by atoms with Gasteiger partial charge in [0.25, 0.3) is 0 Å². The molecule has 0 bridgehead atoms. The monoisotopic (exact) mass is 918 g/mol. The van der Waals surface area contributed by atoms with E-state index in [-0.39, 0.29) is 12.8 Å². The summed E-state index contributed by atoms with van der Waals surface area (Å²) in [7, 11) is 0. The molecule has 0 aliphatic carbocycles. The summed E-state index contributed by atoms with van der Waals surface area (Å²) in [5, 5.41) is 44.8. The van der Waals surface area contributed by atoms with Crippen molar-refractivity contribution >= 4 is 81.1 Å². The van der Waals surface area contributed by atoms with Crippen LogP contribution in [-0.2, 0) is 60.8 Å². The number of fused-ring (bicyclic) bond motifs is 2. The summed E-state index contributed by atoms with van der Waals surface area (Å²) in [6.07, 6.45) is -0.173. The van der Waals surface area contributed by atoms with E-state index < -0.39 is 133 Å². The fourth-order valence-corrected chi connectivity index (χ4v) is 6.96. The lowest BCUT2D eigenvalue weighted by Crippen LogP contribution is -2.60. The van der Waals surface area contributed by atoms with Crippen molar-refractivity contribution in [1.82, 2.24) is 41.9 Å². The highest BCUT2D eigenvalue weighted by Crippen LogP contribution is 2.21. The third-order valence-corrected chi connectivity index (χ3v) is 10.5. The van der Waals surface area contributed by atoms with Crippen LogP contribution in [0.1, 0.15) is 57.6 Å². The van der Waals surface area contributed by atoms with E-state index in [9.17, 15) is 63.3 Å². The number of amides is 7. The van der Waals surface area contributed by atoms with Crippen LogP contribution in [0.5, 0.6) is 0 Å². The number of carbonyl (C=O) groups is 10. The Labute approximate surface area is 376 Å². The molecule has 7 amide bonds. The molecule has 0 spiro atoms. The Morgan fingerprint density at radius 1 is 0.561 bits per heavy atom. The average molecular weight is 919 g/mol. The maximum atomic E-state index is 14.1. The highest BCUT2D eigenvalue weighted by Gasteiger charge is 2.35. The minimum atomic E-state index is -1.95. The van der Waals surface area contributed by atoms with Gasteiger partial charge in [0, 0.05) is 53.5 Å². The van der Waals surface area contributed by atoms with Crippen molar-refractivity contribution in [3.8, 4) is 0 Å². The van der Waals surface area contributed by atoms with Gasteiger partial charge in [-0.2, -0.15) is 0 Å². The lowest BCUT2D eigenvalue weighted by Gasteiger charge is -2.27. The number of carbonyl (C=O) groups excluding carboxylic acids is 7. The Morgan fingerprint density at radius 2 is 1.02 bits per heavy atom. The Balaban J connectivity index is 1.61. The van der Waals surface area contributed by atoms with E-state index in [1.165, 1.54) is 6.92 Å². The number of primary amides is 1. The minimum absolute atomic E-state index is 0.199. The van der Waals surface area contributed by atoms with Crippen LogP contribution in [0.4, 0.5) is 0 Å². The van der Waals surface area contributed by atoms with Gasteiger partial charge in [0.2, 0.25) is 41.4 Å². The van der Waals surface area contributed by atoms with Gasteiger partial charge in [0.1, 0.15) is 36.3 Å². The van der Waals surface area contributed by atoms with E-state index in [4.69, 9.17) is 11.5 Å². The zero-order valence-electron chi connectivity index (χ0n) is 36.2. The number of para-hydroxylation sites is 2. The molecule has 0 saturated heterocycles. The Bertz CT molecular complexity index is 2460. The number of aromatic nitrogens is 2. The molecule has 4 rings (SSSR count). The van der Waals surface area contributed by atoms with Crippen molar-refractivity contribution in [2.24, 2.45) is 17.4 Å². The fourth-order valence-electron chi connectivity index (χ4n) is 6.96. The zero-order valence-corrected chi connectivity index (χ0v) is 36.2. The van der Waals surface area contributed by atoms with Gasteiger partial charge in [-0.15, -0.1) is 0 Å². The normalized spacial score (nSPS) is 14.4. The number of hydrogen-bond donors (Lipinski definition) is 13. The summed E-state index contributed by atoms with van der Waals surface area (Å²) in [4.78, 5) is 135. The Morgan fingerprint density at radius 3 is 1.50 bits per heavy atom. The molecule has 2 aromatic heterocycles. The predicted molar refractivity (Wildman–Crippen MR) is 235 cm³/mol. The third kappa shape index (κ3) is 14.4. The van der Waals surface area contributed by atoms with Crippen molar-refractivity contribution in [3.05, 3.63) is 72.1 Å². The van der Waals surface area contributed by atoms with Crippen LogP contribution in [0.3, 0.4) is 0 Å². The first kappa shape index (κ1) is 50.8. The van der Waals surface area contributed by atoms with Crippen molar-refractivity contribution < 1.29 is 63.3 Å². The number of nitrogens with two attached hydrogens (primary N) is 2. The molecule has 7 atom stereocenters. The van der Waals surface area contributed by atoms with E-state index in [1.54, 1.807) is 74.8 Å². The molecule has 0 fully saturated rings. The summed E-state index contributed by atoms with van der Waals surface area (Å²) >= 11 is 0. The molecule has 66 heavy (non-hydrogen) atoms. The summed E-state index contributed by atoms with van der Waals surface area (Å²) in [6.45, 7) is 4.38. The molecule has 0 saturated carbocycles. The van der Waals surface area contributed by atoms with Gasteiger partial charge in [-0.05, 0) is 42.5 Å². The van der Waals surface area contributed by atoms with E-state index in [0.717, 1.165) is 0 Å². The van der Waals surface area contributed by atoms with Gasteiger partial charge < -0.3 is 68.7 Å². The minimum Gasteiger partial charge on any atom is -0.481 e. The smallest absolute Gasteiger partial charge is 0.326 e. The van der Waals surface area contributed by atoms with E-state index in [0.29, 0.717) is 32.9 Å². The first-order valence-electron chi connectivity index (χ1n) is 20.8. The molecular weight excluding hydrogens is 865 g/mol. The molecule has 0 aliphatic heterocycles. The van der Waals surface area contributed by atoms with Crippen LogP contribution >= 0.6 is 0 Å². The van der Waals surface area contributed by atoms with Gasteiger partial charge in [0.05, 0.1) is 18.9 Å². The van der Waals surface area contributed by atoms with E-state index in [2.05, 4.69) is 41.9 Å². The van der Waals surface area contributed by atoms with Crippen molar-refractivity contribution in [2.45, 2.75) is 102 Å². The lowest BCUT2D eigenvalue weighted by atomic mass is 10.0. The first-order chi connectivity index (χ1) is 31.1. The number of aromatic amines is 2. The topological polar surface area (TPSA) is 387 Å². The predicted octanol–water partition coefficient (Wildman–Crippen LogP) is -1.35. The number of carboxylic acids is 3. The van der Waals surface area contributed by atoms with Gasteiger partial charge in [-0.25, -0.2) is 4.79 Å². The number of aliphatic carboxylic acids is 3. The molecular formula is C43H54N10O13. The Kier molecular flexibility index (Phi) is 17.9.